The van der Waals surface area contributed by atoms with Crippen LogP contribution < -0.4 is 10.1 Å². The molecule has 6 nitrogen and oxygen atoms in total. The van der Waals surface area contributed by atoms with Crippen molar-refractivity contribution in [1.82, 2.24) is 15.2 Å². The van der Waals surface area contributed by atoms with Crippen molar-refractivity contribution in [2.45, 2.75) is 13.5 Å². The van der Waals surface area contributed by atoms with Gasteiger partial charge in [-0.3, -0.25) is 9.59 Å². The van der Waals surface area contributed by atoms with E-state index in [9.17, 15) is 14.0 Å². The molecule has 3 rings (SSSR count). The topological polar surface area (TPSA) is 71.5 Å². The average Bonchev–Trinajstić information content (AvgIpc) is 2.92. The van der Waals surface area contributed by atoms with Gasteiger partial charge in [-0.1, -0.05) is 0 Å². The van der Waals surface area contributed by atoms with E-state index in [-0.39, 0.29) is 30.8 Å². The number of aryl methyl sites for hydroxylation is 1. The second-order valence-electron chi connectivity index (χ2n) is 5.38. The van der Waals surface area contributed by atoms with Crippen LogP contribution in [0, 0.1) is 12.7 Å². The highest BCUT2D eigenvalue weighted by molar-refractivity contribution is 7.11. The van der Waals surface area contributed by atoms with Gasteiger partial charge in [-0.05, 0) is 25.1 Å². The van der Waals surface area contributed by atoms with Gasteiger partial charge in [-0.2, -0.15) is 0 Å². The molecule has 0 aliphatic carbocycles. The van der Waals surface area contributed by atoms with Gasteiger partial charge >= 0.3 is 0 Å². The summed E-state index contributed by atoms with van der Waals surface area (Å²) in [5, 5.41) is 2.77. The van der Waals surface area contributed by atoms with E-state index < -0.39 is 0 Å². The van der Waals surface area contributed by atoms with Crippen molar-refractivity contribution in [3.63, 3.8) is 0 Å². The van der Waals surface area contributed by atoms with Gasteiger partial charge in [0.1, 0.15) is 16.4 Å². The van der Waals surface area contributed by atoms with Crippen LogP contribution in [0.4, 0.5) is 4.39 Å². The van der Waals surface area contributed by atoms with Gasteiger partial charge < -0.3 is 15.0 Å². The summed E-state index contributed by atoms with van der Waals surface area (Å²) in [6, 6.07) is 4.19. The van der Waals surface area contributed by atoms with Gasteiger partial charge in [-0.15, -0.1) is 11.3 Å². The van der Waals surface area contributed by atoms with Crippen molar-refractivity contribution in [3.8, 4) is 5.75 Å². The molecule has 2 heterocycles. The van der Waals surface area contributed by atoms with Crippen LogP contribution in [-0.4, -0.2) is 41.4 Å². The van der Waals surface area contributed by atoms with E-state index in [0.717, 1.165) is 0 Å². The zero-order valence-electron chi connectivity index (χ0n) is 13.0. The molecule has 0 spiro atoms. The number of nitrogens with one attached hydrogen (secondary N) is 1. The van der Waals surface area contributed by atoms with Crippen LogP contribution in [0.3, 0.4) is 0 Å². The van der Waals surface area contributed by atoms with Crippen LogP contribution in [0.2, 0.25) is 0 Å². The fraction of sp³-hybridized carbons (Fsp3) is 0.312. The van der Waals surface area contributed by atoms with Gasteiger partial charge in [0.15, 0.2) is 6.61 Å². The Balaban J connectivity index is 1.61. The SMILES string of the molecule is Cc1ncsc1C(=O)NCCN1Cc2cc(F)ccc2OCC1=O. The molecule has 0 fully saturated rings. The molecule has 8 heteroatoms. The smallest absolute Gasteiger partial charge is 0.263 e. The summed E-state index contributed by atoms with van der Waals surface area (Å²) in [4.78, 5) is 30.3. The molecule has 126 valence electrons. The second kappa shape index (κ2) is 6.96. The zero-order chi connectivity index (χ0) is 17.1. The Bertz CT molecular complexity index is 778. The van der Waals surface area contributed by atoms with E-state index in [1.807, 2.05) is 0 Å². The second-order valence-corrected chi connectivity index (χ2v) is 6.23. The lowest BCUT2D eigenvalue weighted by atomic mass is 10.2. The lowest BCUT2D eigenvalue weighted by Crippen LogP contribution is -2.39. The van der Waals surface area contributed by atoms with Crippen LogP contribution in [0.5, 0.6) is 5.75 Å². The number of ether oxygens (including phenoxy) is 1. The van der Waals surface area contributed by atoms with Crippen molar-refractivity contribution in [2.75, 3.05) is 19.7 Å². The maximum Gasteiger partial charge on any atom is 0.263 e. The van der Waals surface area contributed by atoms with Crippen LogP contribution in [0.1, 0.15) is 20.9 Å². The van der Waals surface area contributed by atoms with Crippen LogP contribution in [-0.2, 0) is 11.3 Å². The molecule has 1 aromatic heterocycles. The quantitative estimate of drug-likeness (QED) is 0.913. The maximum atomic E-state index is 13.4. The highest BCUT2D eigenvalue weighted by atomic mass is 32.1. The predicted octanol–water partition coefficient (Wildman–Crippen LogP) is 1.74. The highest BCUT2D eigenvalue weighted by Gasteiger charge is 2.22. The fourth-order valence-corrected chi connectivity index (χ4v) is 3.16. The number of nitrogens with zero attached hydrogens (tertiary/aromatic N) is 2. The number of hydrogen-bond acceptors (Lipinski definition) is 5. The van der Waals surface area contributed by atoms with Crippen LogP contribution in [0.15, 0.2) is 23.7 Å². The van der Waals surface area contributed by atoms with Crippen molar-refractivity contribution >= 4 is 23.2 Å². The van der Waals surface area contributed by atoms with Gasteiger partial charge in [0, 0.05) is 25.2 Å². The molecule has 0 radical (unpaired) electrons. The average molecular weight is 349 g/mol. The third kappa shape index (κ3) is 3.53. The minimum absolute atomic E-state index is 0.0967. The summed E-state index contributed by atoms with van der Waals surface area (Å²) in [6.07, 6.45) is 0. The molecule has 0 unspecified atom stereocenters. The standard InChI is InChI=1S/C16H16FN3O3S/c1-10-15(24-9-19-10)16(22)18-4-5-20-7-11-6-12(17)2-3-13(11)23-8-14(20)21/h2-3,6,9H,4-5,7-8H2,1H3,(H,18,22). The first-order valence-electron chi connectivity index (χ1n) is 7.42. The van der Waals surface area contributed by atoms with Crippen LogP contribution in [0.25, 0.3) is 0 Å². The van der Waals surface area contributed by atoms with E-state index in [0.29, 0.717) is 35.0 Å². The van der Waals surface area contributed by atoms with Crippen molar-refractivity contribution in [1.29, 1.82) is 0 Å². The number of rotatable bonds is 4. The Morgan fingerprint density at radius 3 is 3.08 bits per heavy atom. The summed E-state index contributed by atoms with van der Waals surface area (Å²) in [5.41, 5.74) is 2.91. The number of halogens is 1. The molecule has 0 saturated heterocycles. The molecular formula is C16H16FN3O3S. The van der Waals surface area contributed by atoms with Gasteiger partial charge in [0.25, 0.3) is 11.8 Å². The van der Waals surface area contributed by atoms with E-state index in [4.69, 9.17) is 4.74 Å². The van der Waals surface area contributed by atoms with Crippen molar-refractivity contribution in [3.05, 3.63) is 45.7 Å². The zero-order valence-corrected chi connectivity index (χ0v) is 13.9. The Morgan fingerprint density at radius 1 is 1.50 bits per heavy atom. The minimum Gasteiger partial charge on any atom is -0.483 e. The van der Waals surface area contributed by atoms with E-state index in [1.165, 1.54) is 29.5 Å². The number of carbonyl (C=O) groups excluding carboxylic acids is 2. The fourth-order valence-electron chi connectivity index (χ4n) is 2.45. The Labute approximate surface area is 142 Å². The number of fused-ring (bicyclic) bond motifs is 1. The highest BCUT2D eigenvalue weighted by Crippen LogP contribution is 2.24. The minimum atomic E-state index is -0.374. The summed E-state index contributed by atoms with van der Waals surface area (Å²) >= 11 is 1.27. The predicted molar refractivity (Wildman–Crippen MR) is 86.5 cm³/mol. The summed E-state index contributed by atoms with van der Waals surface area (Å²) in [5.74, 6) is -0.271. The first kappa shape index (κ1) is 16.4. The van der Waals surface area contributed by atoms with E-state index >= 15 is 0 Å². The lowest BCUT2D eigenvalue weighted by molar-refractivity contribution is -0.133. The lowest BCUT2D eigenvalue weighted by Gasteiger charge is -2.20. The van der Waals surface area contributed by atoms with Gasteiger partial charge in [-0.25, -0.2) is 9.37 Å². The first-order chi connectivity index (χ1) is 11.5. The molecule has 2 aromatic rings. The third-order valence-corrected chi connectivity index (χ3v) is 4.63. The summed E-state index contributed by atoms with van der Waals surface area (Å²) in [7, 11) is 0. The van der Waals surface area contributed by atoms with E-state index in [2.05, 4.69) is 10.3 Å². The first-order valence-corrected chi connectivity index (χ1v) is 8.30. The molecule has 0 atom stereocenters. The molecule has 0 saturated carbocycles. The third-order valence-electron chi connectivity index (χ3n) is 3.71. The summed E-state index contributed by atoms with van der Waals surface area (Å²) in [6.45, 7) is 2.54. The van der Waals surface area contributed by atoms with Gasteiger partial charge in [0.2, 0.25) is 0 Å². The Hall–Kier alpha value is -2.48. The molecule has 1 aliphatic heterocycles. The largest absolute Gasteiger partial charge is 0.483 e. The monoisotopic (exact) mass is 349 g/mol. The van der Waals surface area contributed by atoms with Gasteiger partial charge in [0.05, 0.1) is 11.2 Å². The molecular weight excluding hydrogens is 333 g/mol. The van der Waals surface area contributed by atoms with Crippen molar-refractivity contribution < 1.29 is 18.7 Å². The Kier molecular flexibility index (Phi) is 4.75. The summed E-state index contributed by atoms with van der Waals surface area (Å²) < 4.78 is 18.8. The van der Waals surface area contributed by atoms with Crippen LogP contribution >= 0.6 is 11.3 Å². The molecule has 1 N–H and O–H groups in total. The maximum absolute atomic E-state index is 13.4. The molecule has 2 amide bonds. The van der Waals surface area contributed by atoms with Crippen molar-refractivity contribution in [2.24, 2.45) is 0 Å². The normalized spacial score (nSPS) is 13.9. The molecule has 0 bridgehead atoms. The number of thiazole rings is 1. The number of carbonyl (C=O) groups is 2. The number of amides is 2. The molecule has 1 aliphatic rings. The molecule has 1 aromatic carbocycles. The number of hydrogen-bond donors (Lipinski definition) is 1. The number of benzene rings is 1. The van der Waals surface area contributed by atoms with E-state index in [1.54, 1.807) is 17.3 Å². The molecule has 24 heavy (non-hydrogen) atoms. The Morgan fingerprint density at radius 2 is 2.33 bits per heavy atom. The number of aromatic nitrogens is 1.